The van der Waals surface area contributed by atoms with Crippen LogP contribution in [0.4, 0.5) is 0 Å². The van der Waals surface area contributed by atoms with Gasteiger partial charge in [0.25, 0.3) is 5.56 Å². The van der Waals surface area contributed by atoms with Crippen molar-refractivity contribution in [1.29, 1.82) is 0 Å². The fourth-order valence-electron chi connectivity index (χ4n) is 5.48. The minimum Gasteiger partial charge on any atom is -0.361 e. The van der Waals surface area contributed by atoms with E-state index < -0.39 is 0 Å². The lowest BCUT2D eigenvalue weighted by Gasteiger charge is -2.26. The van der Waals surface area contributed by atoms with Gasteiger partial charge in [0.15, 0.2) is 0 Å². The first-order valence-electron chi connectivity index (χ1n) is 13.2. The van der Waals surface area contributed by atoms with Gasteiger partial charge in [0.2, 0.25) is 0 Å². The summed E-state index contributed by atoms with van der Waals surface area (Å²) in [4.78, 5) is 32.6. The van der Waals surface area contributed by atoms with Gasteiger partial charge < -0.3 is 4.98 Å². The maximum Gasteiger partial charge on any atom is 0.335 e. The summed E-state index contributed by atoms with van der Waals surface area (Å²) in [6.45, 7) is 3.20. The highest BCUT2D eigenvalue weighted by molar-refractivity contribution is 9.10. The van der Waals surface area contributed by atoms with Gasteiger partial charge in [-0.3, -0.25) is 18.7 Å². The first-order chi connectivity index (χ1) is 19.0. The van der Waals surface area contributed by atoms with Gasteiger partial charge in [0, 0.05) is 58.0 Å². The summed E-state index contributed by atoms with van der Waals surface area (Å²) in [6, 6.07) is 19.0. The second-order valence-corrected chi connectivity index (χ2v) is 11.3. The Morgan fingerprint density at radius 3 is 2.59 bits per heavy atom. The topological polar surface area (TPSA) is 62.5 Å². The number of unbranched alkanes of at least 4 members (excludes halogenated alkanes) is 1. The van der Waals surface area contributed by atoms with Crippen LogP contribution in [0.3, 0.4) is 0 Å². The lowest BCUT2D eigenvalue weighted by atomic mass is 9.99. The van der Waals surface area contributed by atoms with Gasteiger partial charge in [-0.2, -0.15) is 0 Å². The highest BCUT2D eigenvalue weighted by Gasteiger charge is 2.17. The minimum atomic E-state index is -0.302. The second kappa shape index (κ2) is 11.0. The van der Waals surface area contributed by atoms with E-state index in [0.717, 1.165) is 54.4 Å². The van der Waals surface area contributed by atoms with Crippen molar-refractivity contribution in [3.63, 3.8) is 0 Å². The average Bonchev–Trinajstić information content (AvgIpc) is 3.37. The monoisotopic (exact) mass is 602 g/mol. The van der Waals surface area contributed by atoms with Crippen molar-refractivity contribution in [1.82, 2.24) is 18.9 Å². The fraction of sp³-hybridized carbons (Fsp3) is 0.226. The molecule has 8 heteroatoms. The molecule has 0 spiro atoms. The molecule has 0 unspecified atom stereocenters. The van der Waals surface area contributed by atoms with Crippen molar-refractivity contribution in [2.45, 2.75) is 25.8 Å². The largest absolute Gasteiger partial charge is 0.361 e. The Kier molecular flexibility index (Phi) is 7.30. The van der Waals surface area contributed by atoms with Gasteiger partial charge in [-0.15, -0.1) is 0 Å². The van der Waals surface area contributed by atoms with Crippen LogP contribution in [0.15, 0.2) is 93.2 Å². The van der Waals surface area contributed by atoms with Gasteiger partial charge >= 0.3 is 5.69 Å². The molecule has 3 aromatic heterocycles. The minimum absolute atomic E-state index is 0.260. The van der Waals surface area contributed by atoms with E-state index in [4.69, 9.17) is 11.6 Å². The van der Waals surface area contributed by atoms with Crippen LogP contribution in [0.25, 0.3) is 33.1 Å². The van der Waals surface area contributed by atoms with Crippen molar-refractivity contribution in [2.24, 2.45) is 0 Å². The van der Waals surface area contributed by atoms with Crippen molar-refractivity contribution in [2.75, 3.05) is 19.6 Å². The van der Waals surface area contributed by atoms with E-state index in [-0.39, 0.29) is 11.2 Å². The highest BCUT2D eigenvalue weighted by atomic mass is 79.9. The van der Waals surface area contributed by atoms with E-state index in [1.165, 1.54) is 21.1 Å². The first kappa shape index (κ1) is 25.9. The number of nitrogens with zero attached hydrogens (tertiary/aromatic N) is 3. The van der Waals surface area contributed by atoms with Crippen LogP contribution in [0, 0.1) is 0 Å². The average molecular weight is 604 g/mol. The molecule has 0 atom stereocenters. The normalized spacial score (nSPS) is 14.3. The fourth-order valence-corrected chi connectivity index (χ4v) is 5.97. The smallest absolute Gasteiger partial charge is 0.335 e. The van der Waals surface area contributed by atoms with Gasteiger partial charge in [-0.1, -0.05) is 51.8 Å². The molecule has 1 aliphatic rings. The lowest BCUT2D eigenvalue weighted by Crippen LogP contribution is -2.38. The molecule has 5 aromatic rings. The summed E-state index contributed by atoms with van der Waals surface area (Å²) in [7, 11) is 0. The first-order valence-corrected chi connectivity index (χ1v) is 14.4. The van der Waals surface area contributed by atoms with Gasteiger partial charge in [-0.25, -0.2) is 4.79 Å². The number of nitrogens with one attached hydrogen (secondary N) is 1. The molecule has 6 nitrogen and oxygen atoms in total. The molecule has 0 amide bonds. The van der Waals surface area contributed by atoms with Crippen LogP contribution in [0.5, 0.6) is 0 Å². The molecule has 0 saturated heterocycles. The van der Waals surface area contributed by atoms with Crippen LogP contribution in [0.2, 0.25) is 5.02 Å². The number of hydrogen-bond acceptors (Lipinski definition) is 3. The quantitative estimate of drug-likeness (QED) is 0.213. The molecule has 6 rings (SSSR count). The van der Waals surface area contributed by atoms with E-state index in [2.05, 4.69) is 56.3 Å². The van der Waals surface area contributed by atoms with Crippen LogP contribution in [0.1, 0.15) is 24.8 Å². The zero-order valence-corrected chi connectivity index (χ0v) is 23.7. The highest BCUT2D eigenvalue weighted by Crippen LogP contribution is 2.31. The third-order valence-electron chi connectivity index (χ3n) is 7.53. The number of H-pyrrole nitrogens is 1. The third-order valence-corrected chi connectivity index (χ3v) is 8.28. The van der Waals surface area contributed by atoms with E-state index in [1.807, 2.05) is 30.3 Å². The molecule has 39 heavy (non-hydrogen) atoms. The van der Waals surface area contributed by atoms with E-state index in [9.17, 15) is 9.59 Å². The summed E-state index contributed by atoms with van der Waals surface area (Å²) in [5, 5.41) is 1.85. The molecule has 1 aliphatic heterocycles. The Hall–Kier alpha value is -3.39. The number of fused-ring (bicyclic) bond motifs is 2. The van der Waals surface area contributed by atoms with Crippen LogP contribution in [-0.4, -0.2) is 38.5 Å². The predicted octanol–water partition coefficient (Wildman–Crippen LogP) is 6.59. The van der Waals surface area contributed by atoms with Crippen LogP contribution < -0.4 is 11.2 Å². The maximum absolute atomic E-state index is 13.5. The maximum atomic E-state index is 13.5. The zero-order valence-electron chi connectivity index (χ0n) is 21.4. The molecule has 2 aromatic carbocycles. The SMILES string of the molecule is O=c1c(-c2ccc(Cl)cc2)c2ccccn2c(=O)n1CCCCN1CC=C(c2c[nH]c3ccc(Br)cc23)CC1. The summed E-state index contributed by atoms with van der Waals surface area (Å²) < 4.78 is 4.02. The Morgan fingerprint density at radius 1 is 0.974 bits per heavy atom. The van der Waals surface area contributed by atoms with E-state index in [0.29, 0.717) is 22.6 Å². The van der Waals surface area contributed by atoms with Crippen LogP contribution >= 0.6 is 27.5 Å². The molecule has 1 N–H and O–H groups in total. The molecule has 0 aliphatic carbocycles. The molecule has 0 saturated carbocycles. The van der Waals surface area contributed by atoms with Crippen molar-refractivity contribution >= 4 is 49.5 Å². The summed E-state index contributed by atoms with van der Waals surface area (Å²) in [6.07, 6.45) is 8.80. The van der Waals surface area contributed by atoms with Gasteiger partial charge in [0.05, 0.1) is 11.1 Å². The molecule has 4 heterocycles. The number of rotatable bonds is 7. The number of hydrogen-bond donors (Lipinski definition) is 1. The standard InChI is InChI=1S/C31H28BrClN4O2/c32-23-8-11-27-25(19-23)26(20-34-27)21-12-17-35(18-13-21)14-3-4-16-37-30(38)29(22-6-9-24(33)10-7-22)28-5-1-2-15-36(28)31(37)39/h1-2,5-12,15,19-20,34H,3-4,13-14,16-18H2. The van der Waals surface area contributed by atoms with Crippen LogP contribution in [-0.2, 0) is 6.54 Å². The molecule has 0 fully saturated rings. The third kappa shape index (κ3) is 5.14. The molecule has 0 bridgehead atoms. The summed E-state index contributed by atoms with van der Waals surface area (Å²) >= 11 is 9.66. The second-order valence-electron chi connectivity index (χ2n) is 9.96. The number of aromatic amines is 1. The van der Waals surface area contributed by atoms with Gasteiger partial charge in [0.1, 0.15) is 0 Å². The Labute approximate surface area is 239 Å². The number of pyridine rings is 1. The van der Waals surface area contributed by atoms with E-state index >= 15 is 0 Å². The molecule has 198 valence electrons. The predicted molar refractivity (Wildman–Crippen MR) is 163 cm³/mol. The lowest BCUT2D eigenvalue weighted by molar-refractivity contribution is 0.292. The number of halogens is 2. The Balaban J connectivity index is 1.14. The summed E-state index contributed by atoms with van der Waals surface area (Å²) in [5.74, 6) is 0. The number of benzene rings is 2. The molecule has 0 radical (unpaired) electrons. The molecular formula is C31H28BrClN4O2. The van der Waals surface area contributed by atoms with Crippen molar-refractivity contribution < 1.29 is 0 Å². The molecular weight excluding hydrogens is 576 g/mol. The summed E-state index contributed by atoms with van der Waals surface area (Å²) in [5.41, 5.74) is 5.11. The zero-order chi connectivity index (χ0) is 26.9. The van der Waals surface area contributed by atoms with E-state index in [1.54, 1.807) is 22.7 Å². The number of aromatic nitrogens is 3. The van der Waals surface area contributed by atoms with Gasteiger partial charge in [-0.05, 0) is 79.4 Å². The Morgan fingerprint density at radius 2 is 1.79 bits per heavy atom. The van der Waals surface area contributed by atoms with Crippen molar-refractivity contribution in [3.05, 3.63) is 115 Å². The van der Waals surface area contributed by atoms with Crippen molar-refractivity contribution in [3.8, 4) is 11.1 Å². The Bertz CT molecular complexity index is 1820.